The summed E-state index contributed by atoms with van der Waals surface area (Å²) in [5, 5.41) is 6.50. The molecule has 1 atom stereocenters. The Morgan fingerprint density at radius 2 is 2.12 bits per heavy atom. The lowest BCUT2D eigenvalue weighted by molar-refractivity contribution is -0.124. The molecule has 0 radical (unpaired) electrons. The maximum Gasteiger partial charge on any atom is 0.321 e. The fraction of sp³-hybridized carbons (Fsp3) is 0.556. The Hall–Kier alpha value is -1.75. The smallest absolute Gasteiger partial charge is 0.321 e. The molecule has 3 amide bonds. The minimum Gasteiger partial charge on any atom is -0.356 e. The number of carbonyl (C=O) groups is 2. The molecule has 0 saturated carbocycles. The summed E-state index contributed by atoms with van der Waals surface area (Å²) >= 11 is 6.00. The van der Waals surface area contributed by atoms with Crippen LogP contribution >= 0.6 is 11.6 Å². The van der Waals surface area contributed by atoms with Gasteiger partial charge in [0.15, 0.2) is 0 Å². The number of hydrogen-bond donors (Lipinski definition) is 2. The molecule has 1 aromatic rings. The van der Waals surface area contributed by atoms with Crippen LogP contribution in [0.2, 0.25) is 5.02 Å². The van der Waals surface area contributed by atoms with Gasteiger partial charge in [-0.25, -0.2) is 4.79 Å². The van der Waals surface area contributed by atoms with E-state index in [2.05, 4.69) is 10.6 Å². The molecule has 5 nitrogen and oxygen atoms in total. The van der Waals surface area contributed by atoms with Crippen molar-refractivity contribution < 1.29 is 9.59 Å². The maximum atomic E-state index is 12.5. The molecule has 1 fully saturated rings. The first-order valence-electron chi connectivity index (χ1n) is 8.46. The topological polar surface area (TPSA) is 61.4 Å². The van der Waals surface area contributed by atoms with E-state index in [4.69, 9.17) is 11.6 Å². The second-order valence-corrected chi connectivity index (χ2v) is 7.18. The molecule has 1 aromatic carbocycles. The molecule has 1 unspecified atom stereocenters. The van der Waals surface area contributed by atoms with Gasteiger partial charge in [0.25, 0.3) is 0 Å². The maximum absolute atomic E-state index is 12.5. The van der Waals surface area contributed by atoms with E-state index in [0.717, 1.165) is 30.6 Å². The number of likely N-dealkylation sites (tertiary alicyclic amines) is 1. The van der Waals surface area contributed by atoms with Crippen LogP contribution in [-0.4, -0.2) is 36.5 Å². The number of carbonyl (C=O) groups excluding carboxylic acids is 2. The third-order valence-corrected chi connectivity index (χ3v) is 4.57. The van der Waals surface area contributed by atoms with E-state index in [1.54, 1.807) is 12.1 Å². The van der Waals surface area contributed by atoms with Crippen molar-refractivity contribution >= 4 is 29.2 Å². The zero-order valence-electron chi connectivity index (χ0n) is 14.6. The molecule has 132 valence electrons. The fourth-order valence-corrected chi connectivity index (χ4v) is 2.96. The van der Waals surface area contributed by atoms with E-state index in [0.29, 0.717) is 24.0 Å². The average molecular weight is 352 g/mol. The van der Waals surface area contributed by atoms with E-state index < -0.39 is 0 Å². The number of nitrogens with zero attached hydrogens (tertiary/aromatic N) is 1. The lowest BCUT2D eigenvalue weighted by Crippen LogP contribution is -2.45. The highest BCUT2D eigenvalue weighted by atomic mass is 35.5. The molecule has 2 N–H and O–H groups in total. The quantitative estimate of drug-likeness (QED) is 0.869. The Labute approximate surface area is 148 Å². The molecule has 0 spiro atoms. The summed E-state index contributed by atoms with van der Waals surface area (Å²) < 4.78 is 0. The van der Waals surface area contributed by atoms with Gasteiger partial charge in [-0.1, -0.05) is 31.5 Å². The van der Waals surface area contributed by atoms with Crippen LogP contribution in [0.5, 0.6) is 0 Å². The van der Waals surface area contributed by atoms with Crippen LogP contribution in [0.25, 0.3) is 0 Å². The summed E-state index contributed by atoms with van der Waals surface area (Å²) in [4.78, 5) is 26.0. The predicted octanol–water partition coefficient (Wildman–Crippen LogP) is 3.66. The van der Waals surface area contributed by atoms with Gasteiger partial charge >= 0.3 is 6.03 Å². The van der Waals surface area contributed by atoms with E-state index in [1.165, 1.54) is 0 Å². The van der Waals surface area contributed by atoms with Gasteiger partial charge in [-0.05, 0) is 43.4 Å². The SMILES string of the molecule is Cc1ccc(Cl)cc1NC(=O)N1CCCC(CNC(=O)C(C)C)C1. The summed E-state index contributed by atoms with van der Waals surface area (Å²) in [5.41, 5.74) is 1.72. The van der Waals surface area contributed by atoms with Crippen molar-refractivity contribution in [3.8, 4) is 0 Å². The van der Waals surface area contributed by atoms with Gasteiger partial charge in [-0.2, -0.15) is 0 Å². The van der Waals surface area contributed by atoms with Gasteiger partial charge in [-0.3, -0.25) is 4.79 Å². The summed E-state index contributed by atoms with van der Waals surface area (Å²) in [5.74, 6) is 0.345. The second-order valence-electron chi connectivity index (χ2n) is 6.74. The Balaban J connectivity index is 1.90. The number of piperidine rings is 1. The highest BCUT2D eigenvalue weighted by Gasteiger charge is 2.24. The van der Waals surface area contributed by atoms with Crippen LogP contribution in [-0.2, 0) is 4.79 Å². The second kappa shape index (κ2) is 8.38. The number of hydrogen-bond acceptors (Lipinski definition) is 2. The van der Waals surface area contributed by atoms with Gasteiger partial charge in [0.1, 0.15) is 0 Å². The Kier molecular flexibility index (Phi) is 6.49. The van der Waals surface area contributed by atoms with E-state index in [-0.39, 0.29) is 17.9 Å². The zero-order valence-corrected chi connectivity index (χ0v) is 15.3. The number of urea groups is 1. The minimum atomic E-state index is -0.111. The van der Waals surface area contributed by atoms with E-state index in [9.17, 15) is 9.59 Å². The van der Waals surface area contributed by atoms with Crippen molar-refractivity contribution in [3.63, 3.8) is 0 Å². The van der Waals surface area contributed by atoms with Crippen LogP contribution in [0.1, 0.15) is 32.3 Å². The number of nitrogens with one attached hydrogen (secondary N) is 2. The van der Waals surface area contributed by atoms with Gasteiger partial charge in [0, 0.05) is 36.3 Å². The number of halogens is 1. The Bertz CT molecular complexity index is 604. The first-order valence-corrected chi connectivity index (χ1v) is 8.84. The van der Waals surface area contributed by atoms with E-state index in [1.807, 2.05) is 31.7 Å². The van der Waals surface area contributed by atoms with Crippen molar-refractivity contribution in [2.24, 2.45) is 11.8 Å². The molecule has 24 heavy (non-hydrogen) atoms. The monoisotopic (exact) mass is 351 g/mol. The van der Waals surface area contributed by atoms with Crippen molar-refractivity contribution in [1.29, 1.82) is 0 Å². The number of amides is 3. The highest BCUT2D eigenvalue weighted by Crippen LogP contribution is 2.22. The van der Waals surface area contributed by atoms with Crippen LogP contribution in [0.15, 0.2) is 18.2 Å². The van der Waals surface area contributed by atoms with Crippen LogP contribution < -0.4 is 10.6 Å². The molecule has 1 saturated heterocycles. The summed E-state index contributed by atoms with van der Waals surface area (Å²) in [6.07, 6.45) is 1.97. The molecule has 1 aliphatic rings. The average Bonchev–Trinajstić information content (AvgIpc) is 2.56. The first-order chi connectivity index (χ1) is 11.4. The summed E-state index contributed by atoms with van der Waals surface area (Å²) in [6, 6.07) is 5.35. The van der Waals surface area contributed by atoms with Gasteiger partial charge in [-0.15, -0.1) is 0 Å². The molecule has 2 rings (SSSR count). The molecule has 0 aromatic heterocycles. The molecular weight excluding hydrogens is 326 g/mol. The molecule has 1 aliphatic heterocycles. The summed E-state index contributed by atoms with van der Waals surface area (Å²) in [7, 11) is 0. The Morgan fingerprint density at radius 1 is 1.38 bits per heavy atom. The highest BCUT2D eigenvalue weighted by molar-refractivity contribution is 6.31. The van der Waals surface area contributed by atoms with Gasteiger partial charge in [0.05, 0.1) is 0 Å². The van der Waals surface area contributed by atoms with Gasteiger partial charge in [0.2, 0.25) is 5.91 Å². The number of benzene rings is 1. The largest absolute Gasteiger partial charge is 0.356 e. The molecule has 0 bridgehead atoms. The van der Waals surface area contributed by atoms with Crippen LogP contribution in [0.4, 0.5) is 10.5 Å². The van der Waals surface area contributed by atoms with Gasteiger partial charge < -0.3 is 15.5 Å². The molecular formula is C18H26ClN3O2. The van der Waals surface area contributed by atoms with E-state index >= 15 is 0 Å². The van der Waals surface area contributed by atoms with Crippen molar-refractivity contribution in [1.82, 2.24) is 10.2 Å². The third-order valence-electron chi connectivity index (χ3n) is 4.34. The normalized spacial score (nSPS) is 17.7. The molecule has 6 heteroatoms. The fourth-order valence-electron chi connectivity index (χ4n) is 2.79. The third kappa shape index (κ3) is 5.13. The Morgan fingerprint density at radius 3 is 2.83 bits per heavy atom. The van der Waals surface area contributed by atoms with Crippen LogP contribution in [0.3, 0.4) is 0 Å². The summed E-state index contributed by atoms with van der Waals surface area (Å²) in [6.45, 7) is 7.71. The number of aryl methyl sites for hydroxylation is 1. The van der Waals surface area contributed by atoms with Crippen molar-refractivity contribution in [3.05, 3.63) is 28.8 Å². The number of anilines is 1. The number of rotatable bonds is 4. The van der Waals surface area contributed by atoms with Crippen molar-refractivity contribution in [2.75, 3.05) is 25.0 Å². The lowest BCUT2D eigenvalue weighted by Gasteiger charge is -2.33. The van der Waals surface area contributed by atoms with Crippen LogP contribution in [0, 0.1) is 18.8 Å². The minimum absolute atomic E-state index is 0.0150. The molecule has 0 aliphatic carbocycles. The molecule has 1 heterocycles. The van der Waals surface area contributed by atoms with Crippen molar-refractivity contribution in [2.45, 2.75) is 33.6 Å². The zero-order chi connectivity index (χ0) is 17.7. The lowest BCUT2D eigenvalue weighted by atomic mass is 9.98. The first kappa shape index (κ1) is 18.6. The standard InChI is InChI=1S/C18H26ClN3O2/c1-12(2)17(23)20-10-14-5-4-8-22(11-14)18(24)21-16-9-15(19)7-6-13(16)3/h6-7,9,12,14H,4-5,8,10-11H2,1-3H3,(H,20,23)(H,21,24). The predicted molar refractivity (Wildman–Crippen MR) is 97.4 cm³/mol.